The van der Waals surface area contributed by atoms with Gasteiger partial charge in [-0.25, -0.2) is 0 Å². The molecule has 0 heterocycles. The van der Waals surface area contributed by atoms with Crippen LogP contribution in [0.3, 0.4) is 0 Å². The monoisotopic (exact) mass is 289 g/mol. The second-order valence-electron chi connectivity index (χ2n) is 4.49. The molecule has 2 aromatic rings. The normalized spacial score (nSPS) is 10.3. The summed E-state index contributed by atoms with van der Waals surface area (Å²) in [6.45, 7) is 0.123. The van der Waals surface area contributed by atoms with E-state index >= 15 is 0 Å². The van der Waals surface area contributed by atoms with Crippen molar-refractivity contribution in [1.82, 2.24) is 0 Å². The Morgan fingerprint density at radius 2 is 1.80 bits per heavy atom. The van der Waals surface area contributed by atoms with Crippen molar-refractivity contribution < 1.29 is 9.90 Å². The number of carbonyl (C=O) groups excluding carboxylic acids is 1. The quantitative estimate of drug-likeness (QED) is 0.889. The molecule has 2 N–H and O–H groups in total. The maximum absolute atomic E-state index is 11.9. The summed E-state index contributed by atoms with van der Waals surface area (Å²) < 4.78 is 0. The molecule has 0 aliphatic carbocycles. The molecule has 0 radical (unpaired) electrons. The van der Waals surface area contributed by atoms with Crippen LogP contribution in [-0.2, 0) is 17.6 Å². The summed E-state index contributed by atoms with van der Waals surface area (Å²) in [7, 11) is 0. The molecule has 0 bridgehead atoms. The highest BCUT2D eigenvalue weighted by atomic mass is 35.5. The van der Waals surface area contributed by atoms with E-state index in [1.54, 1.807) is 6.07 Å². The fourth-order valence-corrected chi connectivity index (χ4v) is 2.11. The van der Waals surface area contributed by atoms with Gasteiger partial charge in [-0.2, -0.15) is 0 Å². The third-order valence-corrected chi connectivity index (χ3v) is 3.32. The summed E-state index contributed by atoms with van der Waals surface area (Å²) >= 11 is 6.02. The van der Waals surface area contributed by atoms with E-state index in [1.165, 1.54) is 0 Å². The lowest BCUT2D eigenvalue weighted by Crippen LogP contribution is -2.14. The Hall–Kier alpha value is -1.84. The first-order valence-corrected chi connectivity index (χ1v) is 6.80. The minimum Gasteiger partial charge on any atom is -0.396 e. The van der Waals surface area contributed by atoms with Gasteiger partial charge in [0.2, 0.25) is 5.91 Å². The van der Waals surface area contributed by atoms with E-state index < -0.39 is 0 Å². The van der Waals surface area contributed by atoms with Gasteiger partial charge in [0, 0.05) is 17.3 Å². The molecule has 0 saturated carbocycles. The Kier molecular flexibility index (Phi) is 5.16. The molecule has 20 heavy (non-hydrogen) atoms. The van der Waals surface area contributed by atoms with Crippen LogP contribution >= 0.6 is 11.6 Å². The van der Waals surface area contributed by atoms with Gasteiger partial charge < -0.3 is 10.4 Å². The zero-order valence-corrected chi connectivity index (χ0v) is 11.7. The zero-order valence-electron chi connectivity index (χ0n) is 11.0. The Bertz CT molecular complexity index is 581. The van der Waals surface area contributed by atoms with E-state index in [0.717, 1.165) is 16.8 Å². The molecule has 4 heteroatoms. The molecular weight excluding hydrogens is 274 g/mol. The second kappa shape index (κ2) is 7.08. The van der Waals surface area contributed by atoms with Crippen molar-refractivity contribution >= 4 is 23.2 Å². The minimum absolute atomic E-state index is 0.104. The molecule has 2 rings (SSSR count). The van der Waals surface area contributed by atoms with Crippen LogP contribution < -0.4 is 5.32 Å². The molecule has 0 atom stereocenters. The van der Waals surface area contributed by atoms with Crippen molar-refractivity contribution in [2.45, 2.75) is 12.8 Å². The summed E-state index contributed by atoms with van der Waals surface area (Å²) in [4.78, 5) is 11.9. The van der Waals surface area contributed by atoms with E-state index in [-0.39, 0.29) is 18.9 Å². The van der Waals surface area contributed by atoms with Gasteiger partial charge in [0.25, 0.3) is 0 Å². The van der Waals surface area contributed by atoms with E-state index in [4.69, 9.17) is 16.7 Å². The summed E-state index contributed by atoms with van der Waals surface area (Å²) in [6, 6.07) is 14.7. The average Bonchev–Trinajstić information content (AvgIpc) is 2.44. The van der Waals surface area contributed by atoms with Gasteiger partial charge in [-0.3, -0.25) is 4.79 Å². The molecule has 0 spiro atoms. The largest absolute Gasteiger partial charge is 0.396 e. The molecule has 2 aromatic carbocycles. The molecule has 0 unspecified atom stereocenters. The first-order chi connectivity index (χ1) is 9.69. The lowest BCUT2D eigenvalue weighted by atomic mass is 10.1. The zero-order chi connectivity index (χ0) is 14.4. The number of amides is 1. The van der Waals surface area contributed by atoms with Gasteiger partial charge in [0.15, 0.2) is 0 Å². The molecular formula is C16H16ClNO2. The highest BCUT2D eigenvalue weighted by molar-refractivity contribution is 6.31. The van der Waals surface area contributed by atoms with Crippen molar-refractivity contribution in [3.8, 4) is 0 Å². The summed E-state index contributed by atoms with van der Waals surface area (Å²) in [5.74, 6) is -0.104. The first kappa shape index (κ1) is 14.6. The van der Waals surface area contributed by atoms with E-state index in [2.05, 4.69) is 5.32 Å². The Labute approximate surface area is 123 Å². The van der Waals surface area contributed by atoms with Crippen LogP contribution in [0.15, 0.2) is 48.5 Å². The van der Waals surface area contributed by atoms with E-state index in [9.17, 15) is 4.79 Å². The Morgan fingerprint density at radius 3 is 2.45 bits per heavy atom. The number of nitrogens with one attached hydrogen (secondary N) is 1. The molecule has 1 amide bonds. The van der Waals surface area contributed by atoms with Crippen LogP contribution in [0, 0.1) is 0 Å². The minimum atomic E-state index is -0.104. The number of hydrogen-bond donors (Lipinski definition) is 2. The van der Waals surface area contributed by atoms with Gasteiger partial charge in [0.1, 0.15) is 0 Å². The summed E-state index contributed by atoms with van der Waals surface area (Å²) in [5, 5.41) is 12.3. The van der Waals surface area contributed by atoms with E-state index in [0.29, 0.717) is 11.4 Å². The fourth-order valence-electron chi connectivity index (χ4n) is 1.90. The number of rotatable bonds is 5. The van der Waals surface area contributed by atoms with Gasteiger partial charge in [-0.1, -0.05) is 41.9 Å². The van der Waals surface area contributed by atoms with Crippen LogP contribution in [0.1, 0.15) is 11.1 Å². The Balaban J connectivity index is 1.96. The number of aliphatic hydroxyl groups excluding tert-OH is 1. The van der Waals surface area contributed by atoms with Crippen LogP contribution in [0.5, 0.6) is 0 Å². The van der Waals surface area contributed by atoms with Gasteiger partial charge >= 0.3 is 0 Å². The van der Waals surface area contributed by atoms with Crippen LogP contribution in [0.2, 0.25) is 5.02 Å². The molecule has 0 aliphatic heterocycles. The number of carbonyl (C=O) groups is 1. The van der Waals surface area contributed by atoms with Crippen LogP contribution in [-0.4, -0.2) is 17.6 Å². The predicted molar refractivity (Wildman–Crippen MR) is 81.0 cm³/mol. The van der Waals surface area contributed by atoms with Crippen molar-refractivity contribution in [2.75, 3.05) is 11.9 Å². The Morgan fingerprint density at radius 1 is 1.10 bits per heavy atom. The van der Waals surface area contributed by atoms with E-state index in [1.807, 2.05) is 42.5 Å². The van der Waals surface area contributed by atoms with Crippen molar-refractivity contribution in [3.63, 3.8) is 0 Å². The van der Waals surface area contributed by atoms with Crippen molar-refractivity contribution in [1.29, 1.82) is 0 Å². The van der Waals surface area contributed by atoms with Crippen LogP contribution in [0.4, 0.5) is 5.69 Å². The average molecular weight is 290 g/mol. The lowest BCUT2D eigenvalue weighted by molar-refractivity contribution is -0.115. The number of hydrogen-bond acceptors (Lipinski definition) is 2. The SMILES string of the molecule is O=C(Cc1ccccc1Cl)Nc1ccc(CCO)cc1. The van der Waals surface area contributed by atoms with Crippen LogP contribution in [0.25, 0.3) is 0 Å². The van der Waals surface area contributed by atoms with Gasteiger partial charge in [0.05, 0.1) is 6.42 Å². The highest BCUT2D eigenvalue weighted by Crippen LogP contribution is 2.16. The highest BCUT2D eigenvalue weighted by Gasteiger charge is 2.06. The lowest BCUT2D eigenvalue weighted by Gasteiger charge is -2.07. The number of anilines is 1. The molecule has 0 aliphatic rings. The molecule has 3 nitrogen and oxygen atoms in total. The maximum Gasteiger partial charge on any atom is 0.228 e. The van der Waals surface area contributed by atoms with Gasteiger partial charge in [-0.05, 0) is 35.7 Å². The smallest absolute Gasteiger partial charge is 0.228 e. The summed E-state index contributed by atoms with van der Waals surface area (Å²) in [5.41, 5.74) is 2.59. The molecule has 0 aromatic heterocycles. The van der Waals surface area contributed by atoms with Crippen molar-refractivity contribution in [2.24, 2.45) is 0 Å². The maximum atomic E-state index is 11.9. The second-order valence-corrected chi connectivity index (χ2v) is 4.89. The molecule has 104 valence electrons. The number of benzene rings is 2. The van der Waals surface area contributed by atoms with Gasteiger partial charge in [-0.15, -0.1) is 0 Å². The first-order valence-electron chi connectivity index (χ1n) is 6.42. The molecule has 0 saturated heterocycles. The topological polar surface area (TPSA) is 49.3 Å². The van der Waals surface area contributed by atoms with Crippen molar-refractivity contribution in [3.05, 3.63) is 64.7 Å². The molecule has 0 fully saturated rings. The third kappa shape index (κ3) is 4.08. The fraction of sp³-hybridized carbons (Fsp3) is 0.188. The predicted octanol–water partition coefficient (Wildman–Crippen LogP) is 3.06. The number of halogens is 1. The summed E-state index contributed by atoms with van der Waals surface area (Å²) in [6.07, 6.45) is 0.867. The standard InChI is InChI=1S/C16H16ClNO2/c17-15-4-2-1-3-13(15)11-16(20)18-14-7-5-12(6-8-14)9-10-19/h1-8,19H,9-11H2,(H,18,20). The number of aliphatic hydroxyl groups is 1. The third-order valence-electron chi connectivity index (χ3n) is 2.95.